The van der Waals surface area contributed by atoms with Crippen molar-refractivity contribution in [2.45, 2.75) is 6.42 Å². The second kappa shape index (κ2) is 6.76. The number of ether oxygens (including phenoxy) is 1. The highest BCUT2D eigenvalue weighted by atomic mass is 16.5. The van der Waals surface area contributed by atoms with Crippen LogP contribution in [-0.4, -0.2) is 24.6 Å². The van der Waals surface area contributed by atoms with Crippen LogP contribution >= 0.6 is 0 Å². The third-order valence-corrected chi connectivity index (χ3v) is 2.19. The third-order valence-electron chi connectivity index (χ3n) is 2.19. The van der Waals surface area contributed by atoms with E-state index in [0.717, 1.165) is 5.56 Å². The Balaban J connectivity index is 2.70. The first-order valence-corrected chi connectivity index (χ1v) is 5.30. The number of nitrogens with one attached hydrogen (secondary N) is 2. The van der Waals surface area contributed by atoms with Crippen LogP contribution in [0.2, 0.25) is 0 Å². The van der Waals surface area contributed by atoms with Crippen molar-refractivity contribution in [2.24, 2.45) is 10.8 Å². The Morgan fingerprint density at radius 3 is 2.63 bits per heavy atom. The van der Waals surface area contributed by atoms with Crippen LogP contribution in [0, 0.1) is 16.7 Å². The summed E-state index contributed by atoms with van der Waals surface area (Å²) in [5.74, 6) is -0.723. The summed E-state index contributed by atoms with van der Waals surface area (Å²) in [6.45, 7) is 0. The van der Waals surface area contributed by atoms with Crippen molar-refractivity contribution in [3.63, 3.8) is 0 Å². The number of carbonyl (C=O) groups excluding carboxylic acids is 1. The summed E-state index contributed by atoms with van der Waals surface area (Å²) in [5, 5.41) is 19.4. The number of benzene rings is 1. The lowest BCUT2D eigenvalue weighted by molar-refractivity contribution is -0.139. The second-order valence-electron chi connectivity index (χ2n) is 3.55. The molecule has 98 valence electrons. The Morgan fingerprint density at radius 1 is 1.53 bits per heavy atom. The summed E-state index contributed by atoms with van der Waals surface area (Å²) in [6.07, 6.45) is 0.191. The summed E-state index contributed by atoms with van der Waals surface area (Å²) in [4.78, 5) is 11.1. The van der Waals surface area contributed by atoms with Gasteiger partial charge >= 0.3 is 5.97 Å². The van der Waals surface area contributed by atoms with Gasteiger partial charge in [-0.1, -0.05) is 12.1 Å². The Hall–Kier alpha value is -2.88. The molecule has 0 aromatic heterocycles. The van der Waals surface area contributed by atoms with Gasteiger partial charge in [0.15, 0.2) is 5.84 Å². The van der Waals surface area contributed by atoms with Crippen LogP contribution in [0.3, 0.4) is 0 Å². The smallest absolute Gasteiger partial charge is 0.309 e. The molecular weight excluding hydrogens is 246 g/mol. The van der Waals surface area contributed by atoms with Gasteiger partial charge in [0, 0.05) is 0 Å². The van der Waals surface area contributed by atoms with Gasteiger partial charge in [0.2, 0.25) is 5.71 Å². The predicted molar refractivity (Wildman–Crippen MR) is 70.7 cm³/mol. The fraction of sp³-hybridized carbons (Fsp3) is 0.167. The number of rotatable bonds is 5. The molecule has 7 nitrogen and oxygen atoms in total. The molecule has 0 radical (unpaired) electrons. The van der Waals surface area contributed by atoms with Crippen molar-refractivity contribution in [2.75, 3.05) is 12.5 Å². The van der Waals surface area contributed by atoms with E-state index >= 15 is 0 Å². The molecule has 0 aliphatic carbocycles. The number of esters is 1. The van der Waals surface area contributed by atoms with Crippen molar-refractivity contribution in [3.05, 3.63) is 29.8 Å². The van der Waals surface area contributed by atoms with E-state index in [-0.39, 0.29) is 18.1 Å². The van der Waals surface area contributed by atoms with Crippen LogP contribution < -0.4 is 11.2 Å². The van der Waals surface area contributed by atoms with Crippen molar-refractivity contribution in [1.29, 1.82) is 10.7 Å². The minimum absolute atomic E-state index is 0.191. The highest BCUT2D eigenvalue weighted by molar-refractivity contribution is 6.45. The standard InChI is InChI=1S/C12H13N5O2/c1-19-11(18)6-8-2-4-9(5-3-8)16-17-10(7-13)12(14)15/h2-5,16H,6H2,1H3,(H3,14,15)/b17-10+. The zero-order valence-corrected chi connectivity index (χ0v) is 10.3. The number of anilines is 1. The molecule has 0 amide bonds. The zero-order chi connectivity index (χ0) is 14.3. The van der Waals surface area contributed by atoms with E-state index < -0.39 is 5.84 Å². The highest BCUT2D eigenvalue weighted by Crippen LogP contribution is 2.10. The molecule has 4 N–H and O–H groups in total. The minimum atomic E-state index is -0.405. The van der Waals surface area contributed by atoms with E-state index in [0.29, 0.717) is 5.69 Å². The quantitative estimate of drug-likeness (QED) is 0.309. The van der Waals surface area contributed by atoms with Crippen LogP contribution in [0.15, 0.2) is 29.4 Å². The zero-order valence-electron chi connectivity index (χ0n) is 10.3. The molecule has 0 saturated heterocycles. The first kappa shape index (κ1) is 14.2. The molecule has 0 saturated carbocycles. The lowest BCUT2D eigenvalue weighted by Crippen LogP contribution is -2.21. The van der Waals surface area contributed by atoms with Gasteiger partial charge in [-0.15, -0.1) is 0 Å². The van der Waals surface area contributed by atoms with Gasteiger partial charge in [-0.05, 0) is 17.7 Å². The Kier molecular flexibility index (Phi) is 5.04. The lowest BCUT2D eigenvalue weighted by atomic mass is 10.1. The van der Waals surface area contributed by atoms with E-state index in [1.54, 1.807) is 30.3 Å². The summed E-state index contributed by atoms with van der Waals surface area (Å²) >= 11 is 0. The summed E-state index contributed by atoms with van der Waals surface area (Å²) < 4.78 is 4.55. The summed E-state index contributed by atoms with van der Waals surface area (Å²) in [6, 6.07) is 8.54. The molecule has 0 bridgehead atoms. The van der Waals surface area contributed by atoms with Gasteiger partial charge in [-0.2, -0.15) is 10.4 Å². The highest BCUT2D eigenvalue weighted by Gasteiger charge is 2.03. The summed E-state index contributed by atoms with van der Waals surface area (Å²) in [7, 11) is 1.33. The average molecular weight is 259 g/mol. The number of carbonyl (C=O) groups is 1. The predicted octanol–water partition coefficient (Wildman–Crippen LogP) is 0.630. The molecule has 1 aromatic rings. The van der Waals surface area contributed by atoms with E-state index in [9.17, 15) is 4.79 Å². The van der Waals surface area contributed by atoms with Crippen molar-refractivity contribution in [1.82, 2.24) is 0 Å². The molecular formula is C12H13N5O2. The van der Waals surface area contributed by atoms with Gasteiger partial charge < -0.3 is 10.5 Å². The molecule has 0 atom stereocenters. The number of methoxy groups -OCH3 is 1. The van der Waals surface area contributed by atoms with E-state index in [1.165, 1.54) is 7.11 Å². The minimum Gasteiger partial charge on any atom is -0.469 e. The molecule has 1 rings (SSSR count). The number of nitrogens with two attached hydrogens (primary N) is 1. The molecule has 0 aliphatic rings. The fourth-order valence-corrected chi connectivity index (χ4v) is 1.20. The largest absolute Gasteiger partial charge is 0.469 e. The van der Waals surface area contributed by atoms with E-state index in [1.807, 2.05) is 0 Å². The maximum absolute atomic E-state index is 11.1. The van der Waals surface area contributed by atoms with Gasteiger partial charge in [-0.25, -0.2) is 0 Å². The average Bonchev–Trinajstić information content (AvgIpc) is 2.40. The molecule has 0 spiro atoms. The van der Waals surface area contributed by atoms with Crippen LogP contribution in [0.4, 0.5) is 5.69 Å². The fourth-order valence-electron chi connectivity index (χ4n) is 1.20. The Bertz CT molecular complexity index is 542. The van der Waals surface area contributed by atoms with Gasteiger partial charge in [0.1, 0.15) is 6.07 Å². The number of hydrogen-bond donors (Lipinski definition) is 3. The third kappa shape index (κ3) is 4.47. The first-order chi connectivity index (χ1) is 9.06. The summed E-state index contributed by atoms with van der Waals surface area (Å²) in [5.41, 5.74) is 8.96. The molecule has 0 unspecified atom stereocenters. The Labute approximate surface area is 110 Å². The molecule has 7 heteroatoms. The maximum Gasteiger partial charge on any atom is 0.309 e. The van der Waals surface area contributed by atoms with Gasteiger partial charge in [-0.3, -0.25) is 15.6 Å². The van der Waals surface area contributed by atoms with Crippen molar-refractivity contribution >= 4 is 23.2 Å². The molecule has 0 fully saturated rings. The number of amidine groups is 1. The first-order valence-electron chi connectivity index (χ1n) is 5.30. The van der Waals surface area contributed by atoms with Gasteiger partial charge in [0.25, 0.3) is 0 Å². The topological polar surface area (TPSA) is 124 Å². The Morgan fingerprint density at radius 2 is 2.16 bits per heavy atom. The molecule has 0 heterocycles. The van der Waals surface area contributed by atoms with Crippen LogP contribution in [-0.2, 0) is 16.0 Å². The van der Waals surface area contributed by atoms with E-state index in [2.05, 4.69) is 15.3 Å². The van der Waals surface area contributed by atoms with Crippen LogP contribution in [0.1, 0.15) is 5.56 Å². The molecule has 0 aliphatic heterocycles. The lowest BCUT2D eigenvalue weighted by Gasteiger charge is -2.03. The number of hydrogen-bond acceptors (Lipinski definition) is 6. The van der Waals surface area contributed by atoms with Gasteiger partial charge in [0.05, 0.1) is 19.2 Å². The van der Waals surface area contributed by atoms with Crippen molar-refractivity contribution in [3.8, 4) is 6.07 Å². The SMILES string of the molecule is COC(=O)Cc1ccc(N/N=C(\C#N)C(=N)N)cc1. The van der Waals surface area contributed by atoms with E-state index in [4.69, 9.17) is 16.4 Å². The monoisotopic (exact) mass is 259 g/mol. The molecule has 1 aromatic carbocycles. The second-order valence-corrected chi connectivity index (χ2v) is 3.55. The number of nitriles is 1. The number of hydrazone groups is 1. The maximum atomic E-state index is 11.1. The normalized spacial score (nSPS) is 10.4. The van der Waals surface area contributed by atoms with Crippen LogP contribution in [0.25, 0.3) is 0 Å². The van der Waals surface area contributed by atoms with Crippen molar-refractivity contribution < 1.29 is 9.53 Å². The van der Waals surface area contributed by atoms with Crippen LogP contribution in [0.5, 0.6) is 0 Å². The number of nitrogens with zero attached hydrogens (tertiary/aromatic N) is 2. The molecule has 19 heavy (non-hydrogen) atoms.